The van der Waals surface area contributed by atoms with Crippen LogP contribution in [-0.2, 0) is 9.59 Å². The van der Waals surface area contributed by atoms with Crippen molar-refractivity contribution < 1.29 is 14.7 Å². The fourth-order valence-corrected chi connectivity index (χ4v) is 4.90. The maximum Gasteiger partial charge on any atom is 0.230 e. The largest absolute Gasteiger partial charge is 0.395 e. The van der Waals surface area contributed by atoms with Gasteiger partial charge in [-0.2, -0.15) is 0 Å². The van der Waals surface area contributed by atoms with Crippen molar-refractivity contribution in [2.24, 2.45) is 35.0 Å². The minimum atomic E-state index is -0.622. The average molecular weight is 496 g/mol. The van der Waals surface area contributed by atoms with Crippen molar-refractivity contribution >= 4 is 19.6 Å². The monoisotopic (exact) mass is 495 g/mol. The van der Waals surface area contributed by atoms with Crippen LogP contribution in [0, 0.1) is 35.0 Å². The van der Waals surface area contributed by atoms with Gasteiger partial charge in [0.25, 0.3) is 0 Å². The number of carbonyl (C=O) groups is 2. The first-order chi connectivity index (χ1) is 15.7. The first kappa shape index (κ1) is 33.0. The number of aliphatic hydroxyl groups excluding tert-OH is 1. The second-order valence-corrected chi connectivity index (χ2v) is 14.2. The number of hydrogen-bond acceptors (Lipinski definition) is 3. The second kappa shape index (κ2) is 17.4. The highest BCUT2D eigenvalue weighted by molar-refractivity contribution is 7.59. The molecule has 2 N–H and O–H groups in total. The van der Waals surface area contributed by atoms with Gasteiger partial charge in [-0.3, -0.25) is 9.59 Å². The number of Topliss-reactive ketones (excluding diaryl/α,β-unsaturated/α-hetero) is 1. The normalized spacial score (nSPS) is 17.1. The summed E-state index contributed by atoms with van der Waals surface area (Å²) >= 11 is 0. The van der Waals surface area contributed by atoms with Crippen molar-refractivity contribution in [2.45, 2.75) is 87.0 Å². The van der Waals surface area contributed by atoms with Crippen molar-refractivity contribution in [2.75, 3.05) is 26.5 Å². The lowest BCUT2D eigenvalue weighted by atomic mass is 9.84. The molecule has 0 saturated carbocycles. The lowest BCUT2D eigenvalue weighted by Crippen LogP contribution is -2.38. The van der Waals surface area contributed by atoms with Gasteiger partial charge in [0.1, 0.15) is 5.78 Å². The number of rotatable bonds is 17. The summed E-state index contributed by atoms with van der Waals surface area (Å²) < 4.78 is 0. The molecule has 5 heteroatoms. The van der Waals surface area contributed by atoms with Gasteiger partial charge in [0.05, 0.1) is 12.5 Å². The first-order valence-corrected chi connectivity index (χ1v) is 15.5. The number of allylic oxidation sites excluding steroid dienone is 3. The van der Waals surface area contributed by atoms with Crippen LogP contribution in [0.5, 0.6) is 0 Å². The van der Waals surface area contributed by atoms with E-state index in [4.69, 9.17) is 5.11 Å². The van der Waals surface area contributed by atoms with Crippen LogP contribution in [0.25, 0.3) is 0 Å². The Morgan fingerprint density at radius 3 is 2.09 bits per heavy atom. The number of carbonyl (C=O) groups excluding carboxylic acids is 2. The molecule has 0 heterocycles. The molecule has 0 aromatic carbocycles. The molecular formula is C29H54NO3P. The van der Waals surface area contributed by atoms with Gasteiger partial charge in [-0.1, -0.05) is 80.4 Å². The highest BCUT2D eigenvalue weighted by Gasteiger charge is 2.28. The number of hydrogen-bond donors (Lipinski definition) is 2. The van der Waals surface area contributed by atoms with E-state index in [1.807, 2.05) is 0 Å². The maximum atomic E-state index is 13.1. The third-order valence-electron chi connectivity index (χ3n) is 6.09. The molecule has 0 aliphatic carbocycles. The summed E-state index contributed by atoms with van der Waals surface area (Å²) in [6.45, 7) is 20.1. The van der Waals surface area contributed by atoms with E-state index in [9.17, 15) is 9.59 Å². The van der Waals surface area contributed by atoms with Crippen LogP contribution >= 0.6 is 7.92 Å². The molecule has 0 aliphatic heterocycles. The Bertz CT molecular complexity index is 636. The molecule has 5 unspecified atom stereocenters. The summed E-state index contributed by atoms with van der Waals surface area (Å²) in [5.41, 5.74) is 0.306. The first-order valence-electron chi connectivity index (χ1n) is 13.2. The number of ketones is 1. The Kier molecular flexibility index (Phi) is 16.9. The third-order valence-corrected chi connectivity index (χ3v) is 6.86. The molecule has 0 radical (unpaired) electrons. The lowest BCUT2D eigenvalue weighted by Gasteiger charge is -2.22. The fourth-order valence-electron chi connectivity index (χ4n) is 4.27. The predicted octanol–water partition coefficient (Wildman–Crippen LogP) is 7.02. The van der Waals surface area contributed by atoms with Crippen molar-refractivity contribution in [1.82, 2.24) is 5.32 Å². The summed E-state index contributed by atoms with van der Waals surface area (Å²) in [4.78, 5) is 25.8. The molecule has 198 valence electrons. The van der Waals surface area contributed by atoms with Crippen LogP contribution in [0.15, 0.2) is 24.0 Å². The molecule has 0 fully saturated rings. The van der Waals surface area contributed by atoms with Crippen molar-refractivity contribution in [3.05, 3.63) is 24.0 Å². The SMILES string of the molecule is CC(/C=C\CC(C)(C)C)CC(C)CCC(=O)C(CC(C)CC(C)/C=C\P(C)C)C(=O)NCCO. The van der Waals surface area contributed by atoms with E-state index in [0.717, 1.165) is 25.7 Å². The zero-order chi connectivity index (χ0) is 26.3. The quantitative estimate of drug-likeness (QED) is 0.129. The Morgan fingerprint density at radius 2 is 1.53 bits per heavy atom. The van der Waals surface area contributed by atoms with E-state index >= 15 is 0 Å². The van der Waals surface area contributed by atoms with Crippen LogP contribution in [0.4, 0.5) is 0 Å². The van der Waals surface area contributed by atoms with Gasteiger partial charge in [0.15, 0.2) is 0 Å². The van der Waals surface area contributed by atoms with Crippen LogP contribution < -0.4 is 5.32 Å². The molecule has 0 aromatic rings. The Labute approximate surface area is 212 Å². The summed E-state index contributed by atoms with van der Waals surface area (Å²) in [5.74, 6) is 3.10. The Balaban J connectivity index is 4.89. The minimum Gasteiger partial charge on any atom is -0.395 e. The highest BCUT2D eigenvalue weighted by atomic mass is 31.1. The molecular weight excluding hydrogens is 441 g/mol. The predicted molar refractivity (Wildman–Crippen MR) is 149 cm³/mol. The molecule has 1 amide bonds. The molecule has 34 heavy (non-hydrogen) atoms. The van der Waals surface area contributed by atoms with Gasteiger partial charge < -0.3 is 10.4 Å². The summed E-state index contributed by atoms with van der Waals surface area (Å²) in [6, 6.07) is 0. The molecule has 0 aromatic heterocycles. The minimum absolute atomic E-state index is 0.0406. The molecule has 0 saturated heterocycles. The Morgan fingerprint density at radius 1 is 0.941 bits per heavy atom. The van der Waals surface area contributed by atoms with Gasteiger partial charge in [-0.15, -0.1) is 0 Å². The van der Waals surface area contributed by atoms with Gasteiger partial charge in [0, 0.05) is 13.0 Å². The third kappa shape index (κ3) is 17.4. The van der Waals surface area contributed by atoms with E-state index in [1.165, 1.54) is 0 Å². The van der Waals surface area contributed by atoms with Crippen LogP contribution in [0.1, 0.15) is 87.0 Å². The molecule has 5 atom stereocenters. The average Bonchev–Trinajstić information content (AvgIpc) is 2.71. The standard InChI is InChI=1S/C29H54NO3P/c1-22(11-10-15-29(5,6)7)19-23(2)12-13-27(32)26(28(33)30-16-17-31)21-25(4)20-24(3)14-18-34(8)9/h10-11,14,18,22-26,31H,12-13,15-17,19-21H2,1-9H3,(H,30,33)/b11-10-,18-14-. The molecule has 4 nitrogen and oxygen atoms in total. The molecule has 0 bridgehead atoms. The molecule has 0 aliphatic rings. The zero-order valence-corrected chi connectivity index (χ0v) is 24.5. The fraction of sp³-hybridized carbons (Fsp3) is 0.793. The summed E-state index contributed by atoms with van der Waals surface area (Å²) in [6.07, 6.45) is 11.7. The van der Waals surface area contributed by atoms with E-state index in [-0.39, 0.29) is 38.7 Å². The lowest BCUT2D eigenvalue weighted by molar-refractivity contribution is -0.135. The van der Waals surface area contributed by atoms with E-state index < -0.39 is 5.92 Å². The number of aliphatic hydroxyl groups is 1. The number of nitrogens with one attached hydrogen (secondary N) is 1. The van der Waals surface area contributed by atoms with Crippen molar-refractivity contribution in [3.63, 3.8) is 0 Å². The topological polar surface area (TPSA) is 66.4 Å². The van der Waals surface area contributed by atoms with Gasteiger partial charge in [-0.05, 0) is 74.5 Å². The number of amides is 1. The van der Waals surface area contributed by atoms with Crippen molar-refractivity contribution in [1.29, 1.82) is 0 Å². The van der Waals surface area contributed by atoms with Crippen LogP contribution in [-0.4, -0.2) is 43.3 Å². The van der Waals surface area contributed by atoms with E-state index in [0.29, 0.717) is 36.0 Å². The molecule has 0 spiro atoms. The van der Waals surface area contributed by atoms with Gasteiger partial charge >= 0.3 is 0 Å². The van der Waals surface area contributed by atoms with E-state index in [2.05, 4.69) is 91.2 Å². The van der Waals surface area contributed by atoms with Crippen molar-refractivity contribution in [3.8, 4) is 0 Å². The van der Waals surface area contributed by atoms with Gasteiger partial charge in [0.2, 0.25) is 5.91 Å². The smallest absolute Gasteiger partial charge is 0.230 e. The van der Waals surface area contributed by atoms with Crippen LogP contribution in [0.3, 0.4) is 0 Å². The summed E-state index contributed by atoms with van der Waals surface area (Å²) in [7, 11) is -0.0559. The highest BCUT2D eigenvalue weighted by Crippen LogP contribution is 2.29. The summed E-state index contributed by atoms with van der Waals surface area (Å²) in [5, 5.41) is 11.8. The second-order valence-electron chi connectivity index (χ2n) is 11.9. The Hall–Kier alpha value is -0.990. The van der Waals surface area contributed by atoms with Gasteiger partial charge in [-0.25, -0.2) is 0 Å². The zero-order valence-electron chi connectivity index (χ0n) is 23.6. The van der Waals surface area contributed by atoms with Crippen LogP contribution in [0.2, 0.25) is 0 Å². The maximum absolute atomic E-state index is 13.1. The van der Waals surface area contributed by atoms with E-state index in [1.54, 1.807) is 0 Å². The molecule has 0 rings (SSSR count).